The topological polar surface area (TPSA) is 60.5 Å². The number of rotatable bonds is 5. The number of anilines is 1. The van der Waals surface area contributed by atoms with Crippen LogP contribution in [0.1, 0.15) is 36.9 Å². The lowest BCUT2D eigenvalue weighted by molar-refractivity contribution is -0.116. The summed E-state index contributed by atoms with van der Waals surface area (Å²) >= 11 is 1.61. The molecule has 116 valence electrons. The Labute approximate surface area is 133 Å². The fourth-order valence-corrected chi connectivity index (χ4v) is 3.08. The van der Waals surface area contributed by atoms with E-state index < -0.39 is 0 Å². The molecule has 0 saturated heterocycles. The smallest absolute Gasteiger partial charge is 0.231 e. The second-order valence-corrected chi connectivity index (χ2v) is 6.38. The number of aromatic nitrogens is 1. The van der Waals surface area contributed by atoms with Crippen molar-refractivity contribution in [3.8, 4) is 11.5 Å². The van der Waals surface area contributed by atoms with E-state index in [9.17, 15) is 4.79 Å². The quantitative estimate of drug-likeness (QED) is 0.915. The fourth-order valence-electron chi connectivity index (χ4n) is 2.12. The van der Waals surface area contributed by atoms with Gasteiger partial charge in [0.1, 0.15) is 0 Å². The summed E-state index contributed by atoms with van der Waals surface area (Å²) < 4.78 is 10.5. The lowest BCUT2D eigenvalue weighted by Gasteiger charge is -2.05. The molecule has 22 heavy (non-hydrogen) atoms. The van der Waals surface area contributed by atoms with Crippen molar-refractivity contribution in [2.75, 3.05) is 12.1 Å². The Kier molecular flexibility index (Phi) is 4.29. The molecule has 1 aliphatic rings. The van der Waals surface area contributed by atoms with Crippen LogP contribution < -0.4 is 14.8 Å². The molecule has 2 aromatic rings. The van der Waals surface area contributed by atoms with E-state index in [4.69, 9.17) is 9.47 Å². The maximum Gasteiger partial charge on any atom is 0.231 e. The van der Waals surface area contributed by atoms with E-state index in [0.29, 0.717) is 30.3 Å². The van der Waals surface area contributed by atoms with Crippen LogP contribution in [0.15, 0.2) is 23.6 Å². The average Bonchev–Trinajstić information content (AvgIpc) is 3.13. The summed E-state index contributed by atoms with van der Waals surface area (Å²) in [6, 6.07) is 5.39. The molecular formula is C16H18N2O3S. The van der Waals surface area contributed by atoms with Crippen molar-refractivity contribution >= 4 is 22.9 Å². The van der Waals surface area contributed by atoms with Crippen molar-refractivity contribution in [1.29, 1.82) is 0 Å². The zero-order chi connectivity index (χ0) is 15.5. The molecule has 1 N–H and O–H groups in total. The third kappa shape index (κ3) is 3.39. The molecule has 1 aromatic heterocycles. The summed E-state index contributed by atoms with van der Waals surface area (Å²) in [5.74, 6) is 1.77. The van der Waals surface area contributed by atoms with Gasteiger partial charge < -0.3 is 14.8 Å². The Morgan fingerprint density at radius 2 is 2.18 bits per heavy atom. The van der Waals surface area contributed by atoms with Gasteiger partial charge in [0.05, 0.1) is 10.7 Å². The molecule has 0 saturated carbocycles. The third-order valence-electron chi connectivity index (χ3n) is 3.38. The zero-order valence-corrected chi connectivity index (χ0v) is 13.4. The number of benzene rings is 1. The van der Waals surface area contributed by atoms with Gasteiger partial charge in [0, 0.05) is 30.0 Å². The van der Waals surface area contributed by atoms with Gasteiger partial charge in [-0.05, 0) is 18.1 Å². The lowest BCUT2D eigenvalue weighted by atomic mass is 10.2. The molecule has 0 unspecified atom stereocenters. The first-order chi connectivity index (χ1) is 10.6. The van der Waals surface area contributed by atoms with Crippen LogP contribution in [0, 0.1) is 0 Å². The number of fused-ring (bicyclic) bond motifs is 1. The highest BCUT2D eigenvalue weighted by molar-refractivity contribution is 7.09. The number of hydrogen-bond acceptors (Lipinski definition) is 5. The number of ether oxygens (including phenoxy) is 2. The molecule has 2 heterocycles. The minimum Gasteiger partial charge on any atom is -0.454 e. The van der Waals surface area contributed by atoms with Crippen LogP contribution >= 0.6 is 11.3 Å². The number of carbonyl (C=O) groups excluding carboxylic acids is 1. The maximum absolute atomic E-state index is 12.0. The van der Waals surface area contributed by atoms with Crippen molar-refractivity contribution in [1.82, 2.24) is 4.98 Å². The standard InChI is InChI=1S/C16H18N2O3S/c1-10(2)12-8-22-16(18-12)6-5-15(19)17-11-3-4-13-14(7-11)21-9-20-13/h3-4,7-8,10H,5-6,9H2,1-2H3,(H,17,19). The molecule has 0 atom stereocenters. The molecule has 0 spiro atoms. The first-order valence-electron chi connectivity index (χ1n) is 7.25. The maximum atomic E-state index is 12.0. The highest BCUT2D eigenvalue weighted by atomic mass is 32.1. The van der Waals surface area contributed by atoms with E-state index in [2.05, 4.69) is 29.5 Å². The Bertz CT molecular complexity index is 682. The van der Waals surface area contributed by atoms with Crippen molar-refractivity contribution in [2.24, 2.45) is 0 Å². The highest BCUT2D eigenvalue weighted by Crippen LogP contribution is 2.34. The predicted octanol–water partition coefficient (Wildman–Crippen LogP) is 3.57. The van der Waals surface area contributed by atoms with E-state index >= 15 is 0 Å². The number of nitrogens with one attached hydrogen (secondary N) is 1. The molecule has 3 rings (SSSR count). The zero-order valence-electron chi connectivity index (χ0n) is 12.6. The van der Waals surface area contributed by atoms with Crippen LogP contribution in [-0.2, 0) is 11.2 Å². The number of thiazole rings is 1. The monoisotopic (exact) mass is 318 g/mol. The lowest BCUT2D eigenvalue weighted by Crippen LogP contribution is -2.12. The van der Waals surface area contributed by atoms with Gasteiger partial charge in [-0.15, -0.1) is 11.3 Å². The first-order valence-corrected chi connectivity index (χ1v) is 8.13. The van der Waals surface area contributed by atoms with Gasteiger partial charge in [-0.2, -0.15) is 0 Å². The summed E-state index contributed by atoms with van der Waals surface area (Å²) in [6.07, 6.45) is 1.08. The normalized spacial score (nSPS) is 12.7. The van der Waals surface area contributed by atoms with Gasteiger partial charge in [-0.25, -0.2) is 4.98 Å². The molecule has 1 amide bonds. The Morgan fingerprint density at radius 1 is 1.36 bits per heavy atom. The summed E-state index contributed by atoms with van der Waals surface area (Å²) in [5, 5.41) is 5.94. The molecular weight excluding hydrogens is 300 g/mol. The molecule has 5 nitrogen and oxygen atoms in total. The SMILES string of the molecule is CC(C)c1csc(CCC(=O)Nc2ccc3c(c2)OCO3)n1. The van der Waals surface area contributed by atoms with Crippen LogP contribution in [0.5, 0.6) is 11.5 Å². The Hall–Kier alpha value is -2.08. The average molecular weight is 318 g/mol. The molecule has 0 radical (unpaired) electrons. The largest absolute Gasteiger partial charge is 0.454 e. The highest BCUT2D eigenvalue weighted by Gasteiger charge is 2.14. The van der Waals surface area contributed by atoms with Crippen molar-refractivity contribution < 1.29 is 14.3 Å². The van der Waals surface area contributed by atoms with Crippen molar-refractivity contribution in [3.05, 3.63) is 34.3 Å². The molecule has 0 aliphatic carbocycles. The summed E-state index contributed by atoms with van der Waals surface area (Å²) in [4.78, 5) is 16.6. The number of hydrogen-bond donors (Lipinski definition) is 1. The van der Waals surface area contributed by atoms with Crippen LogP contribution in [-0.4, -0.2) is 17.7 Å². The first kappa shape index (κ1) is 14.8. The van der Waals surface area contributed by atoms with Crippen LogP contribution in [0.25, 0.3) is 0 Å². The molecule has 1 aromatic carbocycles. The van der Waals surface area contributed by atoms with Gasteiger partial charge in [0.25, 0.3) is 0 Å². The second-order valence-electron chi connectivity index (χ2n) is 5.44. The summed E-state index contributed by atoms with van der Waals surface area (Å²) in [7, 11) is 0. The van der Waals surface area contributed by atoms with Gasteiger partial charge >= 0.3 is 0 Å². The molecule has 6 heteroatoms. The Morgan fingerprint density at radius 3 is 2.95 bits per heavy atom. The minimum atomic E-state index is -0.0276. The minimum absolute atomic E-state index is 0.0276. The Balaban J connectivity index is 1.54. The fraction of sp³-hybridized carbons (Fsp3) is 0.375. The van der Waals surface area contributed by atoms with Gasteiger partial charge in [0.15, 0.2) is 11.5 Å². The van der Waals surface area contributed by atoms with E-state index in [-0.39, 0.29) is 12.7 Å². The predicted molar refractivity (Wildman–Crippen MR) is 85.7 cm³/mol. The van der Waals surface area contributed by atoms with E-state index in [1.165, 1.54) is 0 Å². The second kappa shape index (κ2) is 6.36. The van der Waals surface area contributed by atoms with Crippen LogP contribution in [0.4, 0.5) is 5.69 Å². The number of carbonyl (C=O) groups is 1. The number of amides is 1. The number of nitrogens with zero attached hydrogens (tertiary/aromatic N) is 1. The summed E-state index contributed by atoms with van der Waals surface area (Å²) in [6.45, 7) is 4.46. The summed E-state index contributed by atoms with van der Waals surface area (Å²) in [5.41, 5.74) is 1.81. The molecule has 0 bridgehead atoms. The van der Waals surface area contributed by atoms with Crippen LogP contribution in [0.3, 0.4) is 0 Å². The van der Waals surface area contributed by atoms with Crippen LogP contribution in [0.2, 0.25) is 0 Å². The van der Waals surface area contributed by atoms with Gasteiger partial charge in [0.2, 0.25) is 12.7 Å². The molecule has 0 fully saturated rings. The van der Waals surface area contributed by atoms with Crippen molar-refractivity contribution in [3.63, 3.8) is 0 Å². The van der Waals surface area contributed by atoms with Crippen molar-refractivity contribution in [2.45, 2.75) is 32.6 Å². The van der Waals surface area contributed by atoms with E-state index in [1.807, 2.05) is 6.07 Å². The third-order valence-corrected chi connectivity index (χ3v) is 4.31. The van der Waals surface area contributed by atoms with E-state index in [0.717, 1.165) is 16.4 Å². The number of aryl methyl sites for hydroxylation is 1. The molecule has 1 aliphatic heterocycles. The van der Waals surface area contributed by atoms with Gasteiger partial charge in [-0.3, -0.25) is 4.79 Å². The van der Waals surface area contributed by atoms with Gasteiger partial charge in [-0.1, -0.05) is 13.8 Å². The van der Waals surface area contributed by atoms with E-state index in [1.54, 1.807) is 23.5 Å².